The van der Waals surface area contributed by atoms with Crippen molar-refractivity contribution in [2.45, 2.75) is 58.4 Å². The van der Waals surface area contributed by atoms with Crippen LogP contribution in [0, 0.1) is 18.8 Å². The first-order valence-electron chi connectivity index (χ1n) is 12.4. The van der Waals surface area contributed by atoms with E-state index >= 15 is 0 Å². The van der Waals surface area contributed by atoms with E-state index < -0.39 is 12.0 Å². The molecule has 1 unspecified atom stereocenters. The van der Waals surface area contributed by atoms with Gasteiger partial charge in [0.2, 0.25) is 5.91 Å². The number of ether oxygens (including phenoxy) is 2. The molecule has 8 heteroatoms. The van der Waals surface area contributed by atoms with Gasteiger partial charge >= 0.3 is 12.0 Å². The number of hydrogen-bond acceptors (Lipinski definition) is 5. The highest BCUT2D eigenvalue weighted by atomic mass is 16.5. The van der Waals surface area contributed by atoms with Gasteiger partial charge in [0, 0.05) is 11.6 Å². The van der Waals surface area contributed by atoms with Crippen LogP contribution in [-0.2, 0) is 14.3 Å². The second-order valence-corrected chi connectivity index (χ2v) is 9.71. The van der Waals surface area contributed by atoms with Crippen LogP contribution in [0.2, 0.25) is 0 Å². The van der Waals surface area contributed by atoms with Crippen LogP contribution in [-0.4, -0.2) is 38.2 Å². The highest BCUT2D eigenvalue weighted by Crippen LogP contribution is 2.36. The third kappa shape index (κ3) is 6.99. The third-order valence-electron chi connectivity index (χ3n) is 6.76. The molecule has 1 saturated carbocycles. The summed E-state index contributed by atoms with van der Waals surface area (Å²) in [5, 5.41) is 8.57. The summed E-state index contributed by atoms with van der Waals surface area (Å²) in [7, 11) is 2.90. The maximum Gasteiger partial charge on any atom is 0.328 e. The molecule has 1 atom stereocenters. The third-order valence-corrected chi connectivity index (χ3v) is 6.76. The van der Waals surface area contributed by atoms with Crippen LogP contribution in [0.3, 0.4) is 0 Å². The zero-order valence-electron chi connectivity index (χ0n) is 21.7. The average molecular weight is 496 g/mol. The topological polar surface area (TPSA) is 106 Å². The van der Waals surface area contributed by atoms with Crippen LogP contribution in [0.1, 0.15) is 56.6 Å². The molecule has 0 aromatic heterocycles. The summed E-state index contributed by atoms with van der Waals surface area (Å²) in [5.41, 5.74) is 3.51. The van der Waals surface area contributed by atoms with E-state index in [1.807, 2.05) is 63.2 Å². The van der Waals surface area contributed by atoms with Gasteiger partial charge in [0.15, 0.2) is 0 Å². The molecule has 0 spiro atoms. The maximum atomic E-state index is 12.7. The van der Waals surface area contributed by atoms with Gasteiger partial charge in [-0.15, -0.1) is 0 Å². The molecular weight excluding hydrogens is 458 g/mol. The van der Waals surface area contributed by atoms with Gasteiger partial charge in [0.25, 0.3) is 0 Å². The first kappa shape index (κ1) is 27.0. The number of benzene rings is 2. The summed E-state index contributed by atoms with van der Waals surface area (Å²) in [6.07, 6.45) is 3.32. The number of carbonyl (C=O) groups excluding carboxylic acids is 3. The number of nitrogens with one attached hydrogen (secondary N) is 3. The van der Waals surface area contributed by atoms with E-state index in [9.17, 15) is 14.4 Å². The molecule has 0 bridgehead atoms. The molecule has 1 aliphatic rings. The van der Waals surface area contributed by atoms with Crippen molar-refractivity contribution in [1.29, 1.82) is 0 Å². The van der Waals surface area contributed by atoms with Crippen LogP contribution in [0.5, 0.6) is 5.75 Å². The largest absolute Gasteiger partial charge is 0.495 e. The Labute approximate surface area is 213 Å². The SMILES string of the molecule is COC(=O)C(NC(=O)C1CCC(c2ccc(NC(=O)Nc3cc(C)ccc3OC)cc2)CC1)C(C)C. The number of carbonyl (C=O) groups is 3. The maximum absolute atomic E-state index is 12.7. The summed E-state index contributed by atoms with van der Waals surface area (Å²) >= 11 is 0. The number of esters is 1. The lowest BCUT2D eigenvalue weighted by atomic mass is 9.78. The Hall–Kier alpha value is -3.55. The van der Waals surface area contributed by atoms with Crippen LogP contribution >= 0.6 is 0 Å². The molecule has 1 fully saturated rings. The molecule has 8 nitrogen and oxygen atoms in total. The summed E-state index contributed by atoms with van der Waals surface area (Å²) in [4.78, 5) is 37.2. The zero-order chi connectivity index (χ0) is 26.2. The van der Waals surface area contributed by atoms with Crippen LogP contribution in [0.4, 0.5) is 16.2 Å². The Morgan fingerprint density at radius 1 is 0.917 bits per heavy atom. The minimum absolute atomic E-state index is 0.0363. The Balaban J connectivity index is 1.52. The average Bonchev–Trinajstić information content (AvgIpc) is 2.87. The molecule has 2 aromatic rings. The van der Waals surface area contributed by atoms with Crippen molar-refractivity contribution >= 4 is 29.3 Å². The standard InChI is InChI=1S/C28H37N3O5/c1-17(2)25(27(33)36-5)31-26(32)21-9-7-19(8-10-21)20-11-13-22(14-12-20)29-28(34)30-23-16-18(3)6-15-24(23)35-4/h6,11-17,19,21,25H,7-10H2,1-5H3,(H,31,32)(H2,29,30,34). The van der Waals surface area contributed by atoms with Crippen LogP contribution in [0.25, 0.3) is 0 Å². The van der Waals surface area contributed by atoms with Crippen molar-refractivity contribution in [3.63, 3.8) is 0 Å². The lowest BCUT2D eigenvalue weighted by molar-refractivity contribution is -0.147. The van der Waals surface area contributed by atoms with Crippen molar-refractivity contribution < 1.29 is 23.9 Å². The van der Waals surface area contributed by atoms with E-state index in [1.165, 1.54) is 12.7 Å². The fourth-order valence-corrected chi connectivity index (χ4v) is 4.63. The Bertz CT molecular complexity index is 1060. The molecular formula is C28H37N3O5. The van der Waals surface area contributed by atoms with E-state index in [1.54, 1.807) is 7.11 Å². The van der Waals surface area contributed by atoms with E-state index in [0.717, 1.165) is 31.2 Å². The van der Waals surface area contributed by atoms with Gasteiger partial charge in [-0.1, -0.05) is 32.0 Å². The molecule has 0 saturated heterocycles. The zero-order valence-corrected chi connectivity index (χ0v) is 21.7. The quantitative estimate of drug-likeness (QED) is 0.435. The van der Waals surface area contributed by atoms with Crippen molar-refractivity contribution in [1.82, 2.24) is 5.32 Å². The predicted molar refractivity (Wildman–Crippen MR) is 140 cm³/mol. The summed E-state index contributed by atoms with van der Waals surface area (Å²) < 4.78 is 10.1. The molecule has 0 aliphatic heterocycles. The molecule has 0 radical (unpaired) electrons. The molecule has 1 aliphatic carbocycles. The fraction of sp³-hybridized carbons (Fsp3) is 0.464. The smallest absolute Gasteiger partial charge is 0.328 e. The van der Waals surface area contributed by atoms with Crippen molar-refractivity contribution in [2.24, 2.45) is 11.8 Å². The van der Waals surface area contributed by atoms with Gasteiger partial charge in [0.05, 0.1) is 19.9 Å². The van der Waals surface area contributed by atoms with E-state index in [4.69, 9.17) is 9.47 Å². The van der Waals surface area contributed by atoms with E-state index in [0.29, 0.717) is 23.0 Å². The van der Waals surface area contributed by atoms with Crippen molar-refractivity contribution in [3.8, 4) is 5.75 Å². The molecule has 194 valence electrons. The first-order chi connectivity index (χ1) is 17.2. The summed E-state index contributed by atoms with van der Waals surface area (Å²) in [5.74, 6) is 0.331. The lowest BCUT2D eigenvalue weighted by Gasteiger charge is -2.30. The Morgan fingerprint density at radius 3 is 2.17 bits per heavy atom. The molecule has 0 heterocycles. The second kappa shape index (κ2) is 12.4. The van der Waals surface area contributed by atoms with Gasteiger partial charge in [-0.2, -0.15) is 0 Å². The Morgan fingerprint density at radius 2 is 1.58 bits per heavy atom. The Kier molecular flexibility index (Phi) is 9.33. The number of urea groups is 1. The number of anilines is 2. The first-order valence-corrected chi connectivity index (χ1v) is 12.4. The lowest BCUT2D eigenvalue weighted by Crippen LogP contribution is -2.47. The van der Waals surface area contributed by atoms with Gasteiger partial charge in [-0.25, -0.2) is 9.59 Å². The normalized spacial score (nSPS) is 18.2. The monoisotopic (exact) mass is 495 g/mol. The van der Waals surface area contributed by atoms with Gasteiger partial charge in [-0.05, 0) is 79.8 Å². The fourth-order valence-electron chi connectivity index (χ4n) is 4.63. The minimum Gasteiger partial charge on any atom is -0.495 e. The van der Waals surface area contributed by atoms with Gasteiger partial charge < -0.3 is 25.4 Å². The summed E-state index contributed by atoms with van der Waals surface area (Å²) in [6.45, 7) is 5.73. The molecule has 3 N–H and O–H groups in total. The number of rotatable bonds is 8. The summed E-state index contributed by atoms with van der Waals surface area (Å²) in [6, 6.07) is 12.5. The molecule has 2 aromatic carbocycles. The second-order valence-electron chi connectivity index (χ2n) is 9.71. The van der Waals surface area contributed by atoms with E-state index in [2.05, 4.69) is 16.0 Å². The van der Waals surface area contributed by atoms with Crippen molar-refractivity contribution in [3.05, 3.63) is 53.6 Å². The van der Waals surface area contributed by atoms with Gasteiger partial charge in [0.1, 0.15) is 11.8 Å². The number of amides is 3. The van der Waals surface area contributed by atoms with Crippen molar-refractivity contribution in [2.75, 3.05) is 24.9 Å². The predicted octanol–water partition coefficient (Wildman–Crippen LogP) is 5.24. The van der Waals surface area contributed by atoms with Crippen LogP contribution < -0.4 is 20.7 Å². The highest BCUT2D eigenvalue weighted by Gasteiger charge is 2.31. The van der Waals surface area contributed by atoms with Crippen LogP contribution in [0.15, 0.2) is 42.5 Å². The number of aryl methyl sites for hydroxylation is 1. The number of methoxy groups -OCH3 is 2. The molecule has 3 rings (SSSR count). The molecule has 36 heavy (non-hydrogen) atoms. The minimum atomic E-state index is -0.621. The van der Waals surface area contributed by atoms with Gasteiger partial charge in [-0.3, -0.25) is 4.79 Å². The number of hydrogen-bond donors (Lipinski definition) is 3. The highest BCUT2D eigenvalue weighted by molar-refractivity contribution is 6.00. The van der Waals surface area contributed by atoms with E-state index in [-0.39, 0.29) is 23.8 Å². The molecule has 3 amide bonds.